The fraction of sp³-hybridized carbons (Fsp3) is 0.577. The van der Waals surface area contributed by atoms with Gasteiger partial charge in [-0.1, -0.05) is 19.1 Å². The number of benzene rings is 2. The first-order valence-electron chi connectivity index (χ1n) is 11.8. The van der Waals surface area contributed by atoms with Crippen LogP contribution in [0.1, 0.15) is 63.2 Å². The van der Waals surface area contributed by atoms with Gasteiger partial charge in [0.2, 0.25) is 0 Å². The van der Waals surface area contributed by atoms with E-state index in [1.54, 1.807) is 12.1 Å². The Morgan fingerprint density at radius 3 is 2.39 bits per heavy atom. The summed E-state index contributed by atoms with van der Waals surface area (Å²) < 4.78 is 6.13. The maximum atomic E-state index is 11.0. The highest BCUT2D eigenvalue weighted by Gasteiger charge is 2.22. The number of likely N-dealkylation sites (tertiary alicyclic amines) is 1. The number of nitrogens with one attached hydrogen (secondary N) is 1. The summed E-state index contributed by atoms with van der Waals surface area (Å²) in [6.45, 7) is 11.3. The Morgan fingerprint density at radius 1 is 1.10 bits per heavy atom. The molecule has 31 heavy (non-hydrogen) atoms. The predicted molar refractivity (Wildman–Crippen MR) is 127 cm³/mol. The highest BCUT2D eigenvalue weighted by atomic mass is 16.5. The van der Waals surface area contributed by atoms with E-state index in [0.717, 1.165) is 48.4 Å². The van der Waals surface area contributed by atoms with E-state index >= 15 is 0 Å². The maximum absolute atomic E-state index is 11.0. The molecule has 2 aromatic rings. The van der Waals surface area contributed by atoms with Crippen LogP contribution in [-0.4, -0.2) is 54.3 Å². The van der Waals surface area contributed by atoms with Crippen LogP contribution >= 0.6 is 0 Å². The molecule has 1 saturated carbocycles. The van der Waals surface area contributed by atoms with Crippen molar-refractivity contribution in [1.29, 1.82) is 0 Å². The van der Waals surface area contributed by atoms with Gasteiger partial charge in [-0.25, -0.2) is 4.79 Å². The minimum absolute atomic E-state index is 0.265. The number of hydrogen-bond donors (Lipinski definition) is 2. The Morgan fingerprint density at radius 2 is 1.77 bits per heavy atom. The van der Waals surface area contributed by atoms with Crippen molar-refractivity contribution in [3.8, 4) is 5.75 Å². The highest BCUT2D eigenvalue weighted by Crippen LogP contribution is 2.27. The lowest BCUT2D eigenvalue weighted by atomic mass is 10.1. The molecule has 170 valence electrons. The molecule has 2 aliphatic rings. The quantitative estimate of drug-likeness (QED) is 0.569. The number of carbonyl (C=O) groups is 1. The van der Waals surface area contributed by atoms with Gasteiger partial charge in [0.15, 0.2) is 0 Å². The van der Waals surface area contributed by atoms with Crippen LogP contribution in [0.3, 0.4) is 0 Å². The van der Waals surface area contributed by atoms with Gasteiger partial charge in [0, 0.05) is 19.1 Å². The van der Waals surface area contributed by atoms with Gasteiger partial charge in [0.25, 0.3) is 0 Å². The Balaban J connectivity index is 0.000000287. The standard InChI is InChI=1S/C19H23NO3.C7H15N/c1-13(2)20-9-7-17(8-10-20)23-18-6-5-14-11-16(19(21)22)4-3-15(14)12-18;1-2-5-8-6-7-3-4-7/h3-6,11-13,17H,7-10H2,1-2H3,(H,21,22);7-8H,2-6H2,1H3. The SMILES string of the molecule is CC(C)N1CCC(Oc2ccc3cc(C(=O)O)ccc3c2)CC1.CCCNCC1CC1. The van der Waals surface area contributed by atoms with Crippen molar-refractivity contribution in [2.75, 3.05) is 26.2 Å². The Hall–Kier alpha value is -2.11. The van der Waals surface area contributed by atoms with Crippen molar-refractivity contribution in [2.24, 2.45) is 5.92 Å². The first-order chi connectivity index (χ1) is 15.0. The van der Waals surface area contributed by atoms with Gasteiger partial charge in [0.05, 0.1) is 5.56 Å². The molecule has 2 aromatic carbocycles. The van der Waals surface area contributed by atoms with E-state index in [1.807, 2.05) is 24.3 Å². The molecule has 1 aliphatic carbocycles. The number of piperidine rings is 1. The molecule has 4 rings (SSSR count). The summed E-state index contributed by atoms with van der Waals surface area (Å²) in [7, 11) is 0. The number of fused-ring (bicyclic) bond motifs is 1. The molecule has 0 bridgehead atoms. The molecule has 0 aromatic heterocycles. The molecule has 0 radical (unpaired) electrons. The second-order valence-electron chi connectivity index (χ2n) is 9.12. The molecular formula is C26H38N2O3. The molecule has 2 N–H and O–H groups in total. The van der Waals surface area contributed by atoms with Crippen LogP contribution in [0.15, 0.2) is 36.4 Å². The average molecular weight is 427 g/mol. The van der Waals surface area contributed by atoms with Crippen molar-refractivity contribution < 1.29 is 14.6 Å². The zero-order valence-corrected chi connectivity index (χ0v) is 19.3. The van der Waals surface area contributed by atoms with Crippen molar-refractivity contribution in [3.05, 3.63) is 42.0 Å². The van der Waals surface area contributed by atoms with Crippen LogP contribution in [0, 0.1) is 5.92 Å². The number of aromatic carboxylic acids is 1. The smallest absolute Gasteiger partial charge is 0.335 e. The van der Waals surface area contributed by atoms with Gasteiger partial charge >= 0.3 is 5.97 Å². The van der Waals surface area contributed by atoms with Crippen LogP contribution in [-0.2, 0) is 0 Å². The zero-order chi connectivity index (χ0) is 22.2. The molecular weight excluding hydrogens is 388 g/mol. The zero-order valence-electron chi connectivity index (χ0n) is 19.3. The van der Waals surface area contributed by atoms with Gasteiger partial charge in [-0.3, -0.25) is 0 Å². The molecule has 0 unspecified atom stereocenters. The monoisotopic (exact) mass is 426 g/mol. The normalized spacial score (nSPS) is 17.4. The number of ether oxygens (including phenoxy) is 1. The summed E-state index contributed by atoms with van der Waals surface area (Å²) in [5.41, 5.74) is 0.312. The summed E-state index contributed by atoms with van der Waals surface area (Å²) in [6, 6.07) is 11.6. The summed E-state index contributed by atoms with van der Waals surface area (Å²) >= 11 is 0. The second-order valence-corrected chi connectivity index (χ2v) is 9.12. The number of rotatable bonds is 8. The van der Waals surface area contributed by atoms with Gasteiger partial charge in [-0.15, -0.1) is 0 Å². The highest BCUT2D eigenvalue weighted by molar-refractivity contribution is 5.94. The lowest BCUT2D eigenvalue weighted by molar-refractivity contribution is 0.0697. The van der Waals surface area contributed by atoms with E-state index in [-0.39, 0.29) is 6.10 Å². The van der Waals surface area contributed by atoms with Gasteiger partial charge < -0.3 is 20.1 Å². The number of carboxylic acid groups (broad SMARTS) is 1. The second kappa shape index (κ2) is 11.5. The van der Waals surface area contributed by atoms with Gasteiger partial charge in [-0.2, -0.15) is 0 Å². The molecule has 5 nitrogen and oxygen atoms in total. The molecule has 0 spiro atoms. The minimum Gasteiger partial charge on any atom is -0.490 e. The molecule has 1 saturated heterocycles. The van der Waals surface area contributed by atoms with Crippen molar-refractivity contribution in [2.45, 2.75) is 65.0 Å². The predicted octanol–water partition coefficient (Wildman–Crippen LogP) is 5.19. The van der Waals surface area contributed by atoms with Crippen molar-refractivity contribution in [3.63, 3.8) is 0 Å². The van der Waals surface area contributed by atoms with Crippen LogP contribution in [0.4, 0.5) is 0 Å². The maximum Gasteiger partial charge on any atom is 0.335 e. The Bertz CT molecular complexity index is 840. The van der Waals surface area contributed by atoms with Crippen molar-refractivity contribution >= 4 is 16.7 Å². The molecule has 1 aliphatic heterocycles. The average Bonchev–Trinajstić information content (AvgIpc) is 3.59. The largest absolute Gasteiger partial charge is 0.490 e. The molecule has 5 heteroatoms. The molecule has 1 heterocycles. The summed E-state index contributed by atoms with van der Waals surface area (Å²) in [5.74, 6) is 1.01. The fourth-order valence-corrected chi connectivity index (χ4v) is 3.94. The number of hydrogen-bond acceptors (Lipinski definition) is 4. The first-order valence-corrected chi connectivity index (χ1v) is 11.8. The molecule has 2 fully saturated rings. The third-order valence-corrected chi connectivity index (χ3v) is 6.12. The minimum atomic E-state index is -0.899. The lowest BCUT2D eigenvalue weighted by Crippen LogP contribution is -2.41. The number of carboxylic acids is 1. The first kappa shape index (κ1) is 23.6. The van der Waals surface area contributed by atoms with Crippen molar-refractivity contribution in [1.82, 2.24) is 10.2 Å². The fourth-order valence-electron chi connectivity index (χ4n) is 3.94. The lowest BCUT2D eigenvalue weighted by Gasteiger charge is -2.34. The van der Waals surface area contributed by atoms with E-state index in [9.17, 15) is 4.79 Å². The van der Waals surface area contributed by atoms with Crippen LogP contribution in [0.2, 0.25) is 0 Å². The van der Waals surface area contributed by atoms with Gasteiger partial charge in [-0.05, 0) is 100.0 Å². The van der Waals surface area contributed by atoms with Crippen LogP contribution < -0.4 is 10.1 Å². The van der Waals surface area contributed by atoms with Crippen LogP contribution in [0.5, 0.6) is 5.75 Å². The summed E-state index contributed by atoms with van der Waals surface area (Å²) in [6.07, 6.45) is 6.57. The third-order valence-electron chi connectivity index (χ3n) is 6.12. The molecule has 0 amide bonds. The van der Waals surface area contributed by atoms with E-state index < -0.39 is 5.97 Å². The Kier molecular flexibility index (Phi) is 8.73. The van der Waals surface area contributed by atoms with Gasteiger partial charge in [0.1, 0.15) is 11.9 Å². The third kappa shape index (κ3) is 7.51. The summed E-state index contributed by atoms with van der Waals surface area (Å²) in [5, 5.41) is 14.4. The van der Waals surface area contributed by atoms with E-state index in [4.69, 9.17) is 9.84 Å². The summed E-state index contributed by atoms with van der Waals surface area (Å²) in [4.78, 5) is 13.5. The van der Waals surface area contributed by atoms with E-state index in [0.29, 0.717) is 11.6 Å². The van der Waals surface area contributed by atoms with E-state index in [1.165, 1.54) is 32.4 Å². The Labute approximate surface area is 186 Å². The van der Waals surface area contributed by atoms with Crippen LogP contribution in [0.25, 0.3) is 10.8 Å². The van der Waals surface area contributed by atoms with E-state index in [2.05, 4.69) is 31.0 Å². The topological polar surface area (TPSA) is 61.8 Å². The number of nitrogens with zero attached hydrogens (tertiary/aromatic N) is 1. The molecule has 0 atom stereocenters.